The molecule has 0 atom stereocenters. The maximum absolute atomic E-state index is 12.8. The summed E-state index contributed by atoms with van der Waals surface area (Å²) in [4.78, 5) is 24.2. The average molecular weight is 366 g/mol. The molecule has 0 unspecified atom stereocenters. The van der Waals surface area contributed by atoms with Gasteiger partial charge >= 0.3 is 0 Å². The summed E-state index contributed by atoms with van der Waals surface area (Å²) < 4.78 is 7.88. The predicted octanol–water partition coefficient (Wildman–Crippen LogP) is 1.59. The number of anilines is 1. The minimum Gasteiger partial charge on any atom is -0.494 e. The molecule has 1 aliphatic rings. The summed E-state index contributed by atoms with van der Waals surface area (Å²) in [6.45, 7) is 3.63. The van der Waals surface area contributed by atoms with Gasteiger partial charge in [-0.1, -0.05) is 11.3 Å². The Balaban J connectivity index is 1.63. The number of rotatable bonds is 4. The lowest BCUT2D eigenvalue weighted by molar-refractivity contribution is 0.340. The van der Waals surface area contributed by atoms with Crippen LogP contribution in [0, 0.1) is 0 Å². The molecule has 0 N–H and O–H groups in total. The highest BCUT2D eigenvalue weighted by Gasteiger charge is 2.16. The topological polar surface area (TPSA) is 59.7 Å². The van der Waals surface area contributed by atoms with E-state index in [2.05, 4.69) is 14.9 Å². The van der Waals surface area contributed by atoms with Gasteiger partial charge < -0.3 is 9.64 Å². The lowest BCUT2D eigenvalue weighted by Gasteiger charge is -2.25. The molecular formula is C19H18N4O2S. The van der Waals surface area contributed by atoms with Crippen molar-refractivity contribution in [1.29, 1.82) is 0 Å². The van der Waals surface area contributed by atoms with E-state index in [0.717, 1.165) is 21.8 Å². The molecule has 1 aliphatic heterocycles. The van der Waals surface area contributed by atoms with Crippen molar-refractivity contribution in [2.75, 3.05) is 18.2 Å². The van der Waals surface area contributed by atoms with Crippen molar-refractivity contribution in [3.05, 3.63) is 74.0 Å². The maximum atomic E-state index is 12.8. The van der Waals surface area contributed by atoms with Crippen molar-refractivity contribution in [1.82, 2.24) is 9.55 Å². The van der Waals surface area contributed by atoms with Crippen LogP contribution < -0.4 is 24.5 Å². The predicted molar refractivity (Wildman–Crippen MR) is 102 cm³/mol. The van der Waals surface area contributed by atoms with Crippen molar-refractivity contribution in [2.24, 2.45) is 4.99 Å². The van der Waals surface area contributed by atoms with E-state index in [9.17, 15) is 4.79 Å². The summed E-state index contributed by atoms with van der Waals surface area (Å²) in [5, 5.41) is 0. The van der Waals surface area contributed by atoms with Gasteiger partial charge in [0.2, 0.25) is 0 Å². The Labute approximate surface area is 154 Å². The summed E-state index contributed by atoms with van der Waals surface area (Å²) in [6.07, 6.45) is 5.32. The minimum atomic E-state index is -0.0128. The Kier molecular flexibility index (Phi) is 4.53. The second kappa shape index (κ2) is 7.13. The molecule has 6 nitrogen and oxygen atoms in total. The number of nitrogens with zero attached hydrogens (tertiary/aromatic N) is 4. The third-order valence-electron chi connectivity index (χ3n) is 4.09. The monoisotopic (exact) mass is 366 g/mol. The highest BCUT2D eigenvalue weighted by atomic mass is 32.1. The SMILES string of the molecule is CCOc1ccc(N2CN=c3s/c(=C\c4ccncc4)c(=O)n3C2)cc1. The molecule has 132 valence electrons. The molecule has 0 radical (unpaired) electrons. The zero-order chi connectivity index (χ0) is 17.9. The van der Waals surface area contributed by atoms with Gasteiger partial charge in [-0.25, -0.2) is 4.99 Å². The third kappa shape index (κ3) is 3.25. The first-order valence-corrected chi connectivity index (χ1v) is 9.20. The summed E-state index contributed by atoms with van der Waals surface area (Å²) in [6, 6.07) is 11.6. The van der Waals surface area contributed by atoms with Crippen LogP contribution in [-0.4, -0.2) is 22.8 Å². The highest BCUT2D eigenvalue weighted by Crippen LogP contribution is 2.20. The van der Waals surface area contributed by atoms with Crippen LogP contribution in [0.2, 0.25) is 0 Å². The fourth-order valence-corrected chi connectivity index (χ4v) is 3.77. The maximum Gasteiger partial charge on any atom is 0.271 e. The molecule has 4 rings (SSSR count). The molecule has 0 bridgehead atoms. The van der Waals surface area contributed by atoms with E-state index < -0.39 is 0 Å². The number of ether oxygens (including phenoxy) is 1. The van der Waals surface area contributed by atoms with Gasteiger partial charge in [0.15, 0.2) is 4.80 Å². The Morgan fingerprint density at radius 2 is 1.96 bits per heavy atom. The first kappa shape index (κ1) is 16.5. The van der Waals surface area contributed by atoms with E-state index in [1.165, 1.54) is 11.3 Å². The van der Waals surface area contributed by atoms with Crippen LogP contribution in [0.3, 0.4) is 0 Å². The molecule has 1 aromatic carbocycles. The number of benzene rings is 1. The number of hydrogen-bond acceptors (Lipinski definition) is 6. The summed E-state index contributed by atoms with van der Waals surface area (Å²) in [5.41, 5.74) is 1.96. The van der Waals surface area contributed by atoms with Crippen LogP contribution in [0.5, 0.6) is 5.75 Å². The van der Waals surface area contributed by atoms with Crippen molar-refractivity contribution in [2.45, 2.75) is 13.6 Å². The van der Waals surface area contributed by atoms with Crippen molar-refractivity contribution < 1.29 is 4.74 Å². The van der Waals surface area contributed by atoms with Gasteiger partial charge in [0.1, 0.15) is 19.1 Å². The average Bonchev–Trinajstić information content (AvgIpc) is 2.99. The number of pyridine rings is 1. The first-order chi connectivity index (χ1) is 12.7. The van der Waals surface area contributed by atoms with Gasteiger partial charge in [-0.2, -0.15) is 0 Å². The van der Waals surface area contributed by atoms with Crippen molar-refractivity contribution >= 4 is 23.1 Å². The van der Waals surface area contributed by atoms with Gasteiger partial charge in [-0.05, 0) is 55.0 Å². The second-order valence-electron chi connectivity index (χ2n) is 5.81. The van der Waals surface area contributed by atoms with Crippen LogP contribution in [0.4, 0.5) is 5.69 Å². The molecule has 0 fully saturated rings. The van der Waals surface area contributed by atoms with Crippen LogP contribution in [0.1, 0.15) is 12.5 Å². The van der Waals surface area contributed by atoms with E-state index in [1.807, 2.05) is 49.4 Å². The van der Waals surface area contributed by atoms with E-state index >= 15 is 0 Å². The molecule has 3 aromatic rings. The lowest BCUT2D eigenvalue weighted by atomic mass is 10.2. The van der Waals surface area contributed by atoms with Gasteiger partial charge in [0, 0.05) is 18.1 Å². The van der Waals surface area contributed by atoms with Crippen LogP contribution >= 0.6 is 11.3 Å². The first-order valence-electron chi connectivity index (χ1n) is 8.38. The van der Waals surface area contributed by atoms with E-state index in [1.54, 1.807) is 17.0 Å². The van der Waals surface area contributed by atoms with Crippen LogP contribution in [-0.2, 0) is 6.67 Å². The Bertz CT molecular complexity index is 1070. The number of hydrogen-bond donors (Lipinski definition) is 0. The molecule has 2 aromatic heterocycles. The minimum absolute atomic E-state index is 0.0128. The van der Waals surface area contributed by atoms with Crippen LogP contribution in [0.25, 0.3) is 6.08 Å². The highest BCUT2D eigenvalue weighted by molar-refractivity contribution is 7.07. The molecule has 3 heterocycles. The standard InChI is InChI=1S/C19H18N4O2S/c1-2-25-16-5-3-15(4-6-16)22-12-21-19-23(13-22)18(24)17(26-19)11-14-7-9-20-10-8-14/h3-11H,2,12-13H2,1H3/b17-11-. The molecular weight excluding hydrogens is 348 g/mol. The zero-order valence-electron chi connectivity index (χ0n) is 14.3. The van der Waals surface area contributed by atoms with E-state index in [0.29, 0.717) is 24.5 Å². The van der Waals surface area contributed by atoms with E-state index in [4.69, 9.17) is 4.74 Å². The fourth-order valence-electron chi connectivity index (χ4n) is 2.81. The van der Waals surface area contributed by atoms with Gasteiger partial charge in [0.25, 0.3) is 5.56 Å². The third-order valence-corrected chi connectivity index (χ3v) is 5.14. The quantitative estimate of drug-likeness (QED) is 0.704. The van der Waals surface area contributed by atoms with Gasteiger partial charge in [-0.3, -0.25) is 14.3 Å². The lowest BCUT2D eigenvalue weighted by Crippen LogP contribution is -2.42. The largest absolute Gasteiger partial charge is 0.494 e. The second-order valence-corrected chi connectivity index (χ2v) is 6.82. The molecule has 0 amide bonds. The Morgan fingerprint density at radius 1 is 1.19 bits per heavy atom. The number of fused-ring (bicyclic) bond motifs is 1. The fraction of sp³-hybridized carbons (Fsp3) is 0.211. The van der Waals surface area contributed by atoms with Crippen molar-refractivity contribution in [3.8, 4) is 5.75 Å². The normalized spacial score (nSPS) is 14.0. The Morgan fingerprint density at radius 3 is 2.69 bits per heavy atom. The van der Waals surface area contributed by atoms with Crippen molar-refractivity contribution in [3.63, 3.8) is 0 Å². The Hall–Kier alpha value is -2.93. The molecule has 0 spiro atoms. The molecule has 0 saturated heterocycles. The van der Waals surface area contributed by atoms with Crippen LogP contribution in [0.15, 0.2) is 58.6 Å². The number of aromatic nitrogens is 2. The molecule has 7 heteroatoms. The molecule has 0 aliphatic carbocycles. The summed E-state index contributed by atoms with van der Waals surface area (Å²) >= 11 is 1.42. The zero-order valence-corrected chi connectivity index (χ0v) is 15.1. The summed E-state index contributed by atoms with van der Waals surface area (Å²) in [7, 11) is 0. The summed E-state index contributed by atoms with van der Waals surface area (Å²) in [5.74, 6) is 0.841. The van der Waals surface area contributed by atoms with Gasteiger partial charge in [-0.15, -0.1) is 0 Å². The molecule has 0 saturated carbocycles. The number of thiazole rings is 1. The van der Waals surface area contributed by atoms with Gasteiger partial charge in [0.05, 0.1) is 11.1 Å². The molecule has 26 heavy (non-hydrogen) atoms. The van der Waals surface area contributed by atoms with E-state index in [-0.39, 0.29) is 5.56 Å². The smallest absolute Gasteiger partial charge is 0.271 e.